The third kappa shape index (κ3) is 4.96. The summed E-state index contributed by atoms with van der Waals surface area (Å²) in [5.74, 6) is -0.00397. The lowest BCUT2D eigenvalue weighted by Gasteiger charge is -2.22. The lowest BCUT2D eigenvalue weighted by molar-refractivity contribution is -0.139. The standard InChI is InChI=1S/C16H17F3N2O4/c1-24-9-7-20(10-12-4-3-8-25-12)14(22)11-21-6-2-5-13(15(21)23)16(17,18)19/h2-6,8H,7,9-11H2,1H3. The van der Waals surface area contributed by atoms with Crippen LogP contribution in [0.15, 0.2) is 45.9 Å². The molecule has 6 nitrogen and oxygen atoms in total. The summed E-state index contributed by atoms with van der Waals surface area (Å²) in [5, 5.41) is 0. The van der Waals surface area contributed by atoms with E-state index in [0.717, 1.165) is 16.8 Å². The fourth-order valence-corrected chi connectivity index (χ4v) is 2.21. The number of hydrogen-bond acceptors (Lipinski definition) is 4. The van der Waals surface area contributed by atoms with Crippen LogP contribution in [0.25, 0.3) is 0 Å². The molecule has 0 fully saturated rings. The largest absolute Gasteiger partial charge is 0.467 e. The molecule has 0 atom stereocenters. The van der Waals surface area contributed by atoms with Crippen LogP contribution in [-0.2, 0) is 28.8 Å². The Morgan fingerprint density at radius 1 is 1.32 bits per heavy atom. The van der Waals surface area contributed by atoms with Crippen molar-refractivity contribution in [2.75, 3.05) is 20.3 Å². The Morgan fingerprint density at radius 3 is 2.68 bits per heavy atom. The number of nitrogens with zero attached hydrogens (tertiary/aromatic N) is 2. The zero-order valence-corrected chi connectivity index (χ0v) is 13.5. The van der Waals surface area contributed by atoms with Crippen LogP contribution in [0.2, 0.25) is 0 Å². The van der Waals surface area contributed by atoms with Crippen LogP contribution in [0.5, 0.6) is 0 Å². The molecule has 0 aliphatic heterocycles. The minimum absolute atomic E-state index is 0.128. The molecular weight excluding hydrogens is 341 g/mol. The van der Waals surface area contributed by atoms with Crippen molar-refractivity contribution < 1.29 is 27.1 Å². The molecule has 2 rings (SSSR count). The van der Waals surface area contributed by atoms with Gasteiger partial charge in [0.1, 0.15) is 17.9 Å². The van der Waals surface area contributed by atoms with Gasteiger partial charge in [-0.15, -0.1) is 0 Å². The number of halogens is 3. The second kappa shape index (κ2) is 8.02. The molecule has 0 saturated heterocycles. The fourth-order valence-electron chi connectivity index (χ4n) is 2.21. The van der Waals surface area contributed by atoms with E-state index >= 15 is 0 Å². The van der Waals surface area contributed by atoms with Gasteiger partial charge >= 0.3 is 6.18 Å². The van der Waals surface area contributed by atoms with Gasteiger partial charge in [-0.3, -0.25) is 9.59 Å². The van der Waals surface area contributed by atoms with Gasteiger partial charge in [-0.05, 0) is 24.3 Å². The van der Waals surface area contributed by atoms with Gasteiger partial charge in [0, 0.05) is 19.9 Å². The van der Waals surface area contributed by atoms with Crippen LogP contribution in [0.4, 0.5) is 13.2 Å². The summed E-state index contributed by atoms with van der Waals surface area (Å²) in [6, 6.07) is 5.10. The van der Waals surface area contributed by atoms with Crippen LogP contribution in [0.1, 0.15) is 11.3 Å². The number of ether oxygens (including phenoxy) is 1. The highest BCUT2D eigenvalue weighted by atomic mass is 19.4. The van der Waals surface area contributed by atoms with Gasteiger partial charge in [-0.25, -0.2) is 0 Å². The molecule has 0 radical (unpaired) electrons. The molecule has 0 spiro atoms. The Labute approximate surface area is 141 Å². The van der Waals surface area contributed by atoms with Gasteiger partial charge in [0.25, 0.3) is 5.56 Å². The molecular formula is C16H17F3N2O4. The van der Waals surface area contributed by atoms with E-state index in [1.165, 1.54) is 18.3 Å². The molecule has 136 valence electrons. The molecule has 2 aromatic rings. The highest BCUT2D eigenvalue weighted by Crippen LogP contribution is 2.25. The van der Waals surface area contributed by atoms with Gasteiger partial charge in [0.2, 0.25) is 5.91 Å². The van der Waals surface area contributed by atoms with Crippen molar-refractivity contribution in [3.63, 3.8) is 0 Å². The number of pyridine rings is 1. The molecule has 9 heteroatoms. The van der Waals surface area contributed by atoms with E-state index in [0.29, 0.717) is 11.8 Å². The first-order chi connectivity index (χ1) is 11.8. The number of carbonyl (C=O) groups is 1. The summed E-state index contributed by atoms with van der Waals surface area (Å²) in [6.45, 7) is 0.0732. The summed E-state index contributed by atoms with van der Waals surface area (Å²) in [5.41, 5.74) is -2.56. The molecule has 0 aliphatic rings. The molecule has 0 saturated carbocycles. The predicted molar refractivity (Wildman–Crippen MR) is 81.7 cm³/mol. The molecule has 0 aliphatic carbocycles. The zero-order valence-electron chi connectivity index (χ0n) is 13.5. The van der Waals surface area contributed by atoms with Gasteiger partial charge in [0.15, 0.2) is 0 Å². The maximum atomic E-state index is 12.8. The minimum atomic E-state index is -4.77. The summed E-state index contributed by atoms with van der Waals surface area (Å²) < 4.78 is 49.3. The maximum absolute atomic E-state index is 12.8. The van der Waals surface area contributed by atoms with Crippen LogP contribution in [0.3, 0.4) is 0 Å². The number of amides is 1. The number of alkyl halides is 3. The Kier molecular flexibility index (Phi) is 6.02. The summed E-state index contributed by atoms with van der Waals surface area (Å²) in [7, 11) is 1.47. The van der Waals surface area contributed by atoms with E-state index in [9.17, 15) is 22.8 Å². The van der Waals surface area contributed by atoms with E-state index in [1.807, 2.05) is 0 Å². The third-order valence-corrected chi connectivity index (χ3v) is 3.48. The van der Waals surface area contributed by atoms with Crippen molar-refractivity contribution in [3.8, 4) is 0 Å². The summed E-state index contributed by atoms with van der Waals surface area (Å²) >= 11 is 0. The molecule has 2 aromatic heterocycles. The van der Waals surface area contributed by atoms with Crippen molar-refractivity contribution in [2.45, 2.75) is 19.3 Å². The van der Waals surface area contributed by atoms with E-state index < -0.39 is 29.8 Å². The quantitative estimate of drug-likeness (QED) is 0.761. The van der Waals surface area contributed by atoms with E-state index in [2.05, 4.69) is 0 Å². The molecule has 0 aromatic carbocycles. The molecule has 0 unspecified atom stereocenters. The average Bonchev–Trinajstić information content (AvgIpc) is 3.05. The molecule has 0 N–H and O–H groups in total. The highest BCUT2D eigenvalue weighted by molar-refractivity contribution is 5.76. The van der Waals surface area contributed by atoms with Crippen molar-refractivity contribution >= 4 is 5.91 Å². The maximum Gasteiger partial charge on any atom is 0.421 e. The lowest BCUT2D eigenvalue weighted by atomic mass is 10.2. The number of aromatic nitrogens is 1. The zero-order chi connectivity index (χ0) is 18.4. The van der Waals surface area contributed by atoms with Crippen LogP contribution in [0, 0.1) is 0 Å². The van der Waals surface area contributed by atoms with E-state index in [1.54, 1.807) is 12.1 Å². The average molecular weight is 358 g/mol. The van der Waals surface area contributed by atoms with Crippen molar-refractivity contribution in [3.05, 3.63) is 58.4 Å². The van der Waals surface area contributed by atoms with Crippen LogP contribution in [-0.4, -0.2) is 35.6 Å². The van der Waals surface area contributed by atoms with Crippen molar-refractivity contribution in [1.29, 1.82) is 0 Å². The molecule has 0 bridgehead atoms. The van der Waals surface area contributed by atoms with Gasteiger partial charge in [-0.2, -0.15) is 13.2 Å². The summed E-state index contributed by atoms with van der Waals surface area (Å²) in [4.78, 5) is 25.7. The number of rotatable bonds is 7. The number of furan rings is 1. The van der Waals surface area contributed by atoms with Gasteiger partial charge in [-0.1, -0.05) is 0 Å². The number of hydrogen-bond donors (Lipinski definition) is 0. The molecule has 2 heterocycles. The first kappa shape index (κ1) is 18.8. The van der Waals surface area contributed by atoms with Crippen molar-refractivity contribution in [1.82, 2.24) is 9.47 Å². The summed E-state index contributed by atoms with van der Waals surface area (Å²) in [6.07, 6.45) is -2.17. The Balaban J connectivity index is 2.19. The van der Waals surface area contributed by atoms with Crippen LogP contribution >= 0.6 is 0 Å². The minimum Gasteiger partial charge on any atom is -0.467 e. The van der Waals surface area contributed by atoms with Crippen molar-refractivity contribution in [2.24, 2.45) is 0 Å². The Hall–Kier alpha value is -2.55. The smallest absolute Gasteiger partial charge is 0.421 e. The molecule has 1 amide bonds. The topological polar surface area (TPSA) is 64.7 Å². The first-order valence-electron chi connectivity index (χ1n) is 7.38. The SMILES string of the molecule is COCCN(Cc1ccco1)C(=O)Cn1cccc(C(F)(F)F)c1=O. The second-order valence-corrected chi connectivity index (χ2v) is 5.24. The fraction of sp³-hybridized carbons (Fsp3) is 0.375. The molecule has 25 heavy (non-hydrogen) atoms. The van der Waals surface area contributed by atoms with E-state index in [4.69, 9.17) is 9.15 Å². The van der Waals surface area contributed by atoms with Crippen LogP contribution < -0.4 is 5.56 Å². The number of carbonyl (C=O) groups excluding carboxylic acids is 1. The Bertz CT molecular complexity index is 753. The Morgan fingerprint density at radius 2 is 2.08 bits per heavy atom. The third-order valence-electron chi connectivity index (χ3n) is 3.48. The normalized spacial score (nSPS) is 11.5. The van der Waals surface area contributed by atoms with E-state index in [-0.39, 0.29) is 19.7 Å². The number of methoxy groups -OCH3 is 1. The van der Waals surface area contributed by atoms with Gasteiger partial charge < -0.3 is 18.6 Å². The monoisotopic (exact) mass is 358 g/mol. The van der Waals surface area contributed by atoms with Gasteiger partial charge in [0.05, 0.1) is 19.4 Å². The lowest BCUT2D eigenvalue weighted by Crippen LogP contribution is -2.39. The second-order valence-electron chi connectivity index (χ2n) is 5.24. The highest BCUT2D eigenvalue weighted by Gasteiger charge is 2.34. The predicted octanol–water partition coefficient (Wildman–Crippen LogP) is 2.14. The first-order valence-corrected chi connectivity index (χ1v) is 7.38.